The van der Waals surface area contributed by atoms with E-state index in [2.05, 4.69) is 15.9 Å². The molecule has 0 amide bonds. The summed E-state index contributed by atoms with van der Waals surface area (Å²) >= 11 is 3.36. The van der Waals surface area contributed by atoms with Crippen LogP contribution in [0.25, 0.3) is 0 Å². The van der Waals surface area contributed by atoms with E-state index in [9.17, 15) is 14.9 Å². The molecule has 0 radical (unpaired) electrons. The van der Waals surface area contributed by atoms with E-state index in [-0.39, 0.29) is 6.42 Å². The van der Waals surface area contributed by atoms with Gasteiger partial charge >= 0.3 is 5.97 Å². The molecule has 0 unspecified atom stereocenters. The average molecular weight is 414 g/mol. The van der Waals surface area contributed by atoms with Crippen molar-refractivity contribution in [3.63, 3.8) is 0 Å². The van der Waals surface area contributed by atoms with Gasteiger partial charge in [-0.1, -0.05) is 22.0 Å². The topological polar surface area (TPSA) is 67.2 Å². The van der Waals surface area contributed by atoms with Gasteiger partial charge in [-0.15, -0.1) is 0 Å². The summed E-state index contributed by atoms with van der Waals surface area (Å²) in [5.41, 5.74) is -0.941. The van der Waals surface area contributed by atoms with E-state index in [1.165, 1.54) is 19.3 Å². The van der Waals surface area contributed by atoms with Crippen molar-refractivity contribution in [2.45, 2.75) is 50.5 Å². The van der Waals surface area contributed by atoms with Crippen molar-refractivity contribution in [3.8, 4) is 6.07 Å². The number of carbonyl (C=O) groups is 2. The van der Waals surface area contributed by atoms with Crippen LogP contribution in [0.2, 0.25) is 0 Å². The fourth-order valence-corrected chi connectivity index (χ4v) is 6.61. The number of nitrogens with zero attached hydrogens (tertiary/aromatic N) is 1. The Balaban J connectivity index is 1.45. The number of Topliss-reactive ketones (excluding diaryl/α,β-unsaturated/α-hetero) is 1. The Bertz CT molecular complexity index is 835. The number of hydrogen-bond donors (Lipinski definition) is 0. The van der Waals surface area contributed by atoms with E-state index < -0.39 is 22.8 Å². The van der Waals surface area contributed by atoms with Gasteiger partial charge in [0.15, 0.2) is 5.78 Å². The van der Waals surface area contributed by atoms with Crippen molar-refractivity contribution in [2.75, 3.05) is 0 Å². The van der Waals surface area contributed by atoms with E-state index in [1.54, 1.807) is 6.07 Å². The lowest BCUT2D eigenvalue weighted by molar-refractivity contribution is -0.192. The summed E-state index contributed by atoms with van der Waals surface area (Å²) in [6.45, 7) is 0. The number of halogens is 1. The van der Waals surface area contributed by atoms with E-state index in [0.29, 0.717) is 23.3 Å². The zero-order chi connectivity index (χ0) is 18.1. The van der Waals surface area contributed by atoms with Crippen molar-refractivity contribution in [1.82, 2.24) is 0 Å². The van der Waals surface area contributed by atoms with Crippen molar-refractivity contribution >= 4 is 27.7 Å². The van der Waals surface area contributed by atoms with Gasteiger partial charge in [0.05, 0.1) is 6.07 Å². The minimum atomic E-state index is -1.72. The first-order valence-electron chi connectivity index (χ1n) is 9.41. The van der Waals surface area contributed by atoms with Crippen LogP contribution in [-0.2, 0) is 16.0 Å². The Morgan fingerprint density at radius 3 is 2.35 bits per heavy atom. The monoisotopic (exact) mass is 413 g/mol. The summed E-state index contributed by atoms with van der Waals surface area (Å²) in [4.78, 5) is 26.2. The van der Waals surface area contributed by atoms with Crippen molar-refractivity contribution in [1.29, 1.82) is 5.26 Å². The van der Waals surface area contributed by atoms with Gasteiger partial charge in [0.25, 0.3) is 0 Å². The van der Waals surface area contributed by atoms with Crippen LogP contribution in [0.15, 0.2) is 22.7 Å². The second-order valence-electron chi connectivity index (χ2n) is 8.81. The minimum Gasteiger partial charge on any atom is -0.458 e. The number of hydrogen-bond acceptors (Lipinski definition) is 4. The third kappa shape index (κ3) is 2.24. The average Bonchev–Trinajstić information content (AvgIpc) is 2.86. The SMILES string of the molecule is N#C[C@@]1(C(=O)OC23CC4CC(CC(C4)C2)C3)Cc2ccc(Br)cc2C1=O. The molecule has 4 saturated carbocycles. The van der Waals surface area contributed by atoms with Gasteiger partial charge in [-0.05, 0) is 74.0 Å². The number of ketones is 1. The quantitative estimate of drug-likeness (QED) is 0.537. The Morgan fingerprint density at radius 1 is 1.15 bits per heavy atom. The molecule has 0 aliphatic heterocycles. The fourth-order valence-electron chi connectivity index (χ4n) is 6.25. The first kappa shape index (κ1) is 16.5. The predicted molar refractivity (Wildman–Crippen MR) is 97.2 cm³/mol. The van der Waals surface area contributed by atoms with Crippen LogP contribution in [0.3, 0.4) is 0 Å². The molecule has 5 heteroatoms. The van der Waals surface area contributed by atoms with Gasteiger partial charge in [-0.25, -0.2) is 4.79 Å². The summed E-state index contributed by atoms with van der Waals surface area (Å²) < 4.78 is 6.84. The van der Waals surface area contributed by atoms with Gasteiger partial charge in [-0.3, -0.25) is 4.79 Å². The third-order valence-corrected chi connectivity index (χ3v) is 7.48. The normalized spacial score (nSPS) is 39.5. The maximum atomic E-state index is 13.2. The highest BCUT2D eigenvalue weighted by Gasteiger charge is 2.58. The molecular weight excluding hydrogens is 394 g/mol. The van der Waals surface area contributed by atoms with E-state index in [0.717, 1.165) is 29.3 Å². The number of benzene rings is 1. The number of rotatable bonds is 2. The molecule has 0 N–H and O–H groups in total. The van der Waals surface area contributed by atoms with Gasteiger partial charge in [-0.2, -0.15) is 5.26 Å². The molecule has 4 bridgehead atoms. The van der Waals surface area contributed by atoms with Gasteiger partial charge in [0, 0.05) is 16.5 Å². The highest BCUT2D eigenvalue weighted by molar-refractivity contribution is 9.10. The molecule has 4 nitrogen and oxygen atoms in total. The second-order valence-corrected chi connectivity index (χ2v) is 9.73. The summed E-state index contributed by atoms with van der Waals surface area (Å²) in [6, 6.07) is 7.39. The Labute approximate surface area is 161 Å². The summed E-state index contributed by atoms with van der Waals surface area (Å²) in [5.74, 6) is 0.879. The molecule has 0 aromatic heterocycles. The van der Waals surface area contributed by atoms with E-state index in [1.807, 2.05) is 18.2 Å². The molecule has 0 saturated heterocycles. The fraction of sp³-hybridized carbons (Fsp3) is 0.571. The standard InChI is InChI=1S/C21H20BrNO3/c22-16-2-1-15-10-21(11-23,18(24)17(15)6-16)19(25)26-20-7-12-3-13(8-20)5-14(4-12)9-20/h1-2,6,12-14H,3-5,7-10H2/t12?,13?,14?,20?,21-/m0/s1. The van der Waals surface area contributed by atoms with Crippen molar-refractivity contribution in [3.05, 3.63) is 33.8 Å². The Kier molecular flexibility index (Phi) is 3.44. The van der Waals surface area contributed by atoms with Crippen LogP contribution in [-0.4, -0.2) is 17.4 Å². The largest absolute Gasteiger partial charge is 0.458 e. The lowest BCUT2D eigenvalue weighted by Gasteiger charge is -2.56. The second kappa shape index (κ2) is 5.42. The van der Waals surface area contributed by atoms with Crippen LogP contribution in [0.1, 0.15) is 54.4 Å². The molecule has 6 rings (SSSR count). The predicted octanol–water partition coefficient (Wildman–Crippen LogP) is 4.21. The first-order valence-corrected chi connectivity index (χ1v) is 10.2. The molecule has 0 heterocycles. The first-order chi connectivity index (χ1) is 12.4. The maximum Gasteiger partial charge on any atom is 0.335 e. The van der Waals surface area contributed by atoms with E-state index in [4.69, 9.17) is 4.74 Å². The molecule has 0 spiro atoms. The van der Waals surface area contributed by atoms with Gasteiger partial charge in [0.2, 0.25) is 5.41 Å². The van der Waals surface area contributed by atoms with Crippen LogP contribution >= 0.6 is 15.9 Å². The Morgan fingerprint density at radius 2 is 1.77 bits per heavy atom. The van der Waals surface area contributed by atoms with Crippen molar-refractivity contribution in [2.24, 2.45) is 23.2 Å². The molecule has 4 fully saturated rings. The lowest BCUT2D eigenvalue weighted by atomic mass is 9.54. The number of fused-ring (bicyclic) bond motifs is 1. The maximum absolute atomic E-state index is 13.2. The molecule has 1 aromatic rings. The van der Waals surface area contributed by atoms with Crippen LogP contribution in [0, 0.1) is 34.5 Å². The van der Waals surface area contributed by atoms with Gasteiger partial charge < -0.3 is 4.74 Å². The number of esters is 1. The van der Waals surface area contributed by atoms with Crippen LogP contribution < -0.4 is 0 Å². The van der Waals surface area contributed by atoms with Crippen LogP contribution in [0.5, 0.6) is 0 Å². The molecule has 1 aromatic carbocycles. The molecular formula is C21H20BrNO3. The van der Waals surface area contributed by atoms with Crippen molar-refractivity contribution < 1.29 is 14.3 Å². The summed E-state index contributed by atoms with van der Waals surface area (Å²) in [5, 5.41) is 9.83. The molecule has 5 aliphatic carbocycles. The minimum absolute atomic E-state index is 0.121. The van der Waals surface area contributed by atoms with Crippen LogP contribution in [0.4, 0.5) is 0 Å². The number of ether oxygens (including phenoxy) is 1. The smallest absolute Gasteiger partial charge is 0.335 e. The summed E-state index contributed by atoms with van der Waals surface area (Å²) in [7, 11) is 0. The Hall–Kier alpha value is -1.67. The number of carbonyl (C=O) groups excluding carboxylic acids is 2. The highest BCUT2D eigenvalue weighted by Crippen LogP contribution is 2.57. The molecule has 26 heavy (non-hydrogen) atoms. The third-order valence-electron chi connectivity index (χ3n) is 6.99. The zero-order valence-electron chi connectivity index (χ0n) is 14.5. The molecule has 1 atom stereocenters. The molecule has 5 aliphatic rings. The number of nitriles is 1. The van der Waals surface area contributed by atoms with E-state index >= 15 is 0 Å². The van der Waals surface area contributed by atoms with Gasteiger partial charge in [0.1, 0.15) is 5.60 Å². The molecule has 134 valence electrons. The summed E-state index contributed by atoms with van der Waals surface area (Å²) in [6.07, 6.45) is 6.57. The lowest BCUT2D eigenvalue weighted by Crippen LogP contribution is -2.54. The zero-order valence-corrected chi connectivity index (χ0v) is 16.0. The highest BCUT2D eigenvalue weighted by atomic mass is 79.9.